The van der Waals surface area contributed by atoms with Crippen molar-refractivity contribution in [1.29, 1.82) is 0 Å². The van der Waals surface area contributed by atoms with Crippen molar-refractivity contribution in [3.8, 4) is 0 Å². The van der Waals surface area contributed by atoms with Gasteiger partial charge in [-0.2, -0.15) is 18.3 Å². The number of fused-ring (bicyclic) bond motifs is 1. The van der Waals surface area contributed by atoms with Crippen LogP contribution < -0.4 is 10.6 Å². The van der Waals surface area contributed by atoms with Crippen LogP contribution in [0.25, 0.3) is 0 Å². The Morgan fingerprint density at radius 3 is 2.59 bits per heavy atom. The van der Waals surface area contributed by atoms with Gasteiger partial charge >= 0.3 is 6.18 Å². The van der Waals surface area contributed by atoms with Crippen molar-refractivity contribution < 1.29 is 26.7 Å². The largest absolute Gasteiger partial charge is 0.416 e. The van der Waals surface area contributed by atoms with Gasteiger partial charge in [0.05, 0.1) is 17.8 Å². The second-order valence-electron chi connectivity index (χ2n) is 7.51. The quantitative estimate of drug-likeness (QED) is 0.733. The van der Waals surface area contributed by atoms with Gasteiger partial charge in [-0.3, -0.25) is 4.79 Å². The number of amides is 1. The van der Waals surface area contributed by atoms with Crippen LogP contribution in [0, 0.1) is 0 Å². The topological polar surface area (TPSA) is 59.0 Å². The molecule has 1 aliphatic carbocycles. The first-order valence-corrected chi connectivity index (χ1v) is 9.31. The van der Waals surface area contributed by atoms with E-state index in [-0.39, 0.29) is 38.1 Å². The van der Waals surface area contributed by atoms with Gasteiger partial charge in [-0.05, 0) is 24.5 Å². The Labute approximate surface area is 163 Å². The Hall–Kier alpha value is -2.65. The smallest absolute Gasteiger partial charge is 0.349 e. The molecule has 1 aliphatic heterocycles. The summed E-state index contributed by atoms with van der Waals surface area (Å²) in [5.74, 6) is -2.66. The number of anilines is 1. The molecule has 2 N–H and O–H groups in total. The Morgan fingerprint density at radius 2 is 1.90 bits per heavy atom. The highest BCUT2D eigenvalue weighted by molar-refractivity contribution is 6.00. The van der Waals surface area contributed by atoms with Crippen LogP contribution in [0.5, 0.6) is 0 Å². The summed E-state index contributed by atoms with van der Waals surface area (Å²) in [6, 6.07) is 4.65. The van der Waals surface area contributed by atoms with E-state index >= 15 is 0 Å². The minimum absolute atomic E-state index is 0.128. The average Bonchev–Trinajstić information content (AvgIpc) is 3.06. The first-order valence-electron chi connectivity index (χ1n) is 9.31. The molecule has 4 rings (SSSR count). The molecule has 1 amide bonds. The summed E-state index contributed by atoms with van der Waals surface area (Å²) in [4.78, 5) is 12.4. The maximum Gasteiger partial charge on any atom is 0.416 e. The van der Waals surface area contributed by atoms with Crippen molar-refractivity contribution in [2.75, 3.05) is 5.32 Å². The van der Waals surface area contributed by atoms with Crippen LogP contribution in [0.3, 0.4) is 0 Å². The molecule has 0 radical (unpaired) electrons. The number of halogens is 5. The molecular weight excluding hydrogens is 395 g/mol. The molecule has 1 aromatic heterocycles. The van der Waals surface area contributed by atoms with Crippen LogP contribution in [-0.4, -0.2) is 27.8 Å². The summed E-state index contributed by atoms with van der Waals surface area (Å²) in [5, 5.41) is 10.0. The van der Waals surface area contributed by atoms with E-state index < -0.39 is 29.7 Å². The number of aromatic nitrogens is 2. The molecule has 29 heavy (non-hydrogen) atoms. The normalized spacial score (nSPS) is 22.0. The molecule has 1 atom stereocenters. The first-order chi connectivity index (χ1) is 13.6. The molecule has 1 saturated carbocycles. The Balaban J connectivity index is 1.53. The zero-order chi connectivity index (χ0) is 20.8. The third-order valence-electron chi connectivity index (χ3n) is 5.38. The SMILES string of the molecule is O=C1NC(Cc2cccc(C(F)(F)F)c2)Nc2c1cnn2C1CCC(F)(F)CC1. The van der Waals surface area contributed by atoms with Crippen LogP contribution in [0.4, 0.5) is 27.8 Å². The maximum atomic E-state index is 13.5. The van der Waals surface area contributed by atoms with Crippen LogP contribution >= 0.6 is 0 Å². The number of hydrogen-bond donors (Lipinski definition) is 2. The summed E-state index contributed by atoms with van der Waals surface area (Å²) in [7, 11) is 0. The first kappa shape index (κ1) is 19.7. The third-order valence-corrected chi connectivity index (χ3v) is 5.38. The van der Waals surface area contributed by atoms with Crippen LogP contribution in [0.15, 0.2) is 30.5 Å². The molecule has 0 bridgehead atoms. The molecule has 5 nitrogen and oxygen atoms in total. The summed E-state index contributed by atoms with van der Waals surface area (Å²) in [6.45, 7) is 0. The van der Waals surface area contributed by atoms with E-state index in [2.05, 4.69) is 15.7 Å². The molecule has 156 valence electrons. The van der Waals surface area contributed by atoms with E-state index in [1.807, 2.05) is 0 Å². The number of carbonyl (C=O) groups excluding carboxylic acids is 1. The highest BCUT2D eigenvalue weighted by Gasteiger charge is 2.38. The van der Waals surface area contributed by atoms with Crippen LogP contribution in [0.1, 0.15) is 53.2 Å². The van der Waals surface area contributed by atoms with Gasteiger partial charge in [0.15, 0.2) is 0 Å². The molecule has 2 aromatic rings. The van der Waals surface area contributed by atoms with E-state index in [4.69, 9.17) is 0 Å². The Bertz CT molecular complexity index is 914. The van der Waals surface area contributed by atoms with Gasteiger partial charge in [-0.1, -0.05) is 18.2 Å². The number of alkyl halides is 5. The lowest BCUT2D eigenvalue weighted by Gasteiger charge is -2.32. The number of hydrogen-bond acceptors (Lipinski definition) is 3. The second kappa shape index (κ2) is 7.00. The fourth-order valence-electron chi connectivity index (χ4n) is 3.87. The Kier molecular flexibility index (Phi) is 4.74. The fourth-order valence-corrected chi connectivity index (χ4v) is 3.87. The molecule has 10 heteroatoms. The molecular formula is C19H19F5N4O. The lowest BCUT2D eigenvalue weighted by Crippen LogP contribution is -2.46. The van der Waals surface area contributed by atoms with Crippen LogP contribution in [0.2, 0.25) is 0 Å². The van der Waals surface area contributed by atoms with Crippen molar-refractivity contribution in [3.05, 3.63) is 47.2 Å². The zero-order valence-corrected chi connectivity index (χ0v) is 15.3. The van der Waals surface area contributed by atoms with E-state index in [0.29, 0.717) is 16.9 Å². The predicted molar refractivity (Wildman–Crippen MR) is 94.7 cm³/mol. The van der Waals surface area contributed by atoms with Gasteiger partial charge in [0.25, 0.3) is 5.91 Å². The summed E-state index contributed by atoms with van der Waals surface area (Å²) < 4.78 is 67.2. The minimum Gasteiger partial charge on any atom is -0.349 e. The summed E-state index contributed by atoms with van der Waals surface area (Å²) in [6.07, 6.45) is -3.59. The zero-order valence-electron chi connectivity index (χ0n) is 15.3. The van der Waals surface area contributed by atoms with Crippen molar-refractivity contribution in [2.24, 2.45) is 0 Å². The molecule has 1 fully saturated rings. The molecule has 0 saturated heterocycles. The number of carbonyl (C=O) groups is 1. The third kappa shape index (κ3) is 4.06. The fraction of sp³-hybridized carbons (Fsp3) is 0.474. The molecule has 1 aromatic carbocycles. The van der Waals surface area contributed by atoms with Gasteiger partial charge in [0, 0.05) is 19.3 Å². The summed E-state index contributed by atoms with van der Waals surface area (Å²) >= 11 is 0. The Morgan fingerprint density at radius 1 is 1.17 bits per heavy atom. The van der Waals surface area contributed by atoms with E-state index in [9.17, 15) is 26.7 Å². The second-order valence-corrected chi connectivity index (χ2v) is 7.51. The van der Waals surface area contributed by atoms with Crippen molar-refractivity contribution in [1.82, 2.24) is 15.1 Å². The minimum atomic E-state index is -4.45. The lowest BCUT2D eigenvalue weighted by atomic mass is 9.92. The van der Waals surface area contributed by atoms with Crippen molar-refractivity contribution >= 4 is 11.7 Å². The number of rotatable bonds is 3. The molecule has 2 aliphatic rings. The van der Waals surface area contributed by atoms with Crippen molar-refractivity contribution in [2.45, 2.75) is 56.4 Å². The predicted octanol–water partition coefficient (Wildman–Crippen LogP) is 4.38. The van der Waals surface area contributed by atoms with Gasteiger partial charge in [0.1, 0.15) is 17.5 Å². The lowest BCUT2D eigenvalue weighted by molar-refractivity contribution is -0.137. The molecule has 2 heterocycles. The average molecular weight is 414 g/mol. The van der Waals surface area contributed by atoms with Gasteiger partial charge < -0.3 is 10.6 Å². The van der Waals surface area contributed by atoms with E-state index in [1.165, 1.54) is 12.3 Å². The standard InChI is InChI=1S/C19H19F5N4O/c20-18(21)6-4-13(5-7-18)28-16-14(10-25-28)17(29)27-15(26-16)9-11-2-1-3-12(8-11)19(22,23)24/h1-3,8,10,13,15,26H,4-7,9H2,(H,27,29). The van der Waals surface area contributed by atoms with Crippen LogP contribution in [-0.2, 0) is 12.6 Å². The van der Waals surface area contributed by atoms with Gasteiger partial charge in [-0.25, -0.2) is 13.5 Å². The van der Waals surface area contributed by atoms with Gasteiger partial charge in [0.2, 0.25) is 5.92 Å². The molecule has 1 unspecified atom stereocenters. The van der Waals surface area contributed by atoms with Gasteiger partial charge in [-0.15, -0.1) is 0 Å². The number of nitrogens with zero attached hydrogens (tertiary/aromatic N) is 2. The monoisotopic (exact) mass is 414 g/mol. The number of benzene rings is 1. The summed E-state index contributed by atoms with van der Waals surface area (Å²) in [5.41, 5.74) is -0.0573. The molecule has 0 spiro atoms. The highest BCUT2D eigenvalue weighted by atomic mass is 19.4. The number of nitrogens with one attached hydrogen (secondary N) is 2. The van der Waals surface area contributed by atoms with E-state index in [1.54, 1.807) is 10.7 Å². The van der Waals surface area contributed by atoms with E-state index in [0.717, 1.165) is 12.1 Å². The maximum absolute atomic E-state index is 13.5. The van der Waals surface area contributed by atoms with Crippen molar-refractivity contribution in [3.63, 3.8) is 0 Å². The highest BCUT2D eigenvalue weighted by Crippen LogP contribution is 2.40.